The fourth-order valence-electron chi connectivity index (χ4n) is 0.194. The largest absolute Gasteiger partial charge is 0.360 e. The summed E-state index contributed by atoms with van der Waals surface area (Å²) in [4.78, 5) is 0. The number of hydrogen-bond donors (Lipinski definition) is 2. The van der Waals surface area contributed by atoms with Crippen molar-refractivity contribution in [3.8, 4) is 0 Å². The number of hydrogen-bond acceptors (Lipinski definition) is 3. The van der Waals surface area contributed by atoms with E-state index in [9.17, 15) is 0 Å². The van der Waals surface area contributed by atoms with E-state index in [1.165, 1.54) is 0 Å². The van der Waals surface area contributed by atoms with Crippen LogP contribution in [-0.2, 0) is 0 Å². The minimum Gasteiger partial charge on any atom is -0.360 e. The molecule has 0 aliphatic rings. The smallest absolute Gasteiger partial charge is 0.00325 e. The van der Waals surface area contributed by atoms with Crippen LogP contribution >= 0.6 is 0 Å². The zero-order valence-electron chi connectivity index (χ0n) is 4.13. The van der Waals surface area contributed by atoms with Crippen molar-refractivity contribution >= 4 is 0 Å². The predicted molar refractivity (Wildman–Crippen MR) is 25.5 cm³/mol. The summed E-state index contributed by atoms with van der Waals surface area (Å²) in [7, 11) is 0. The third-order valence-corrected chi connectivity index (χ3v) is 0.416. The third-order valence-electron chi connectivity index (χ3n) is 0.416. The molecule has 0 rings (SSSR count). The maximum absolute atomic E-state index is 7.83. The molecule has 0 saturated carbocycles. The second-order valence-electron chi connectivity index (χ2n) is 0.946. The molecule has 3 N–H and O–H groups in total. The van der Waals surface area contributed by atoms with Gasteiger partial charge in [0, 0.05) is 0 Å². The fourth-order valence-corrected chi connectivity index (χ4v) is 0.194. The van der Waals surface area contributed by atoms with E-state index in [1.807, 2.05) is 6.92 Å². The first-order valence-corrected chi connectivity index (χ1v) is 1.94. The van der Waals surface area contributed by atoms with Crippen molar-refractivity contribution in [3.63, 3.8) is 0 Å². The summed E-state index contributed by atoms with van der Waals surface area (Å²) < 4.78 is 0. The van der Waals surface area contributed by atoms with Crippen LogP contribution in [0.3, 0.4) is 0 Å². The Morgan fingerprint density at radius 2 is 2.57 bits per heavy atom. The topological polar surface area (TPSA) is 76.0 Å². The number of nitrogens with zero attached hydrogens (tertiary/aromatic N) is 3. The molecule has 0 spiro atoms. The lowest BCUT2D eigenvalue weighted by atomic mass is 10.8. The van der Waals surface area contributed by atoms with Crippen LogP contribution in [0, 0.1) is 0 Å². The van der Waals surface area contributed by atoms with E-state index in [0.29, 0.717) is 6.54 Å². The predicted octanol–water partition coefficient (Wildman–Crippen LogP) is -0.377. The zero-order chi connectivity index (χ0) is 5.70. The van der Waals surface area contributed by atoms with Gasteiger partial charge < -0.3 is 5.53 Å². The lowest BCUT2D eigenvalue weighted by molar-refractivity contribution is 0.203. The van der Waals surface area contributed by atoms with Gasteiger partial charge in [-0.15, -0.1) is 0 Å². The Labute approximate surface area is 41.9 Å². The second-order valence-corrected chi connectivity index (χ2v) is 0.946. The van der Waals surface area contributed by atoms with Crippen molar-refractivity contribution in [2.24, 2.45) is 11.1 Å². The standard InChI is InChI=1S/C2H8N5/c1-2-5-7(4)6-3/h5H,2,4H2,1H3/q-1. The van der Waals surface area contributed by atoms with Crippen LogP contribution in [0.2, 0.25) is 0 Å². The van der Waals surface area contributed by atoms with Crippen LogP contribution in [0.25, 0.3) is 5.53 Å². The van der Waals surface area contributed by atoms with Gasteiger partial charge in [-0.25, -0.2) is 0 Å². The molecule has 5 heteroatoms. The van der Waals surface area contributed by atoms with Crippen molar-refractivity contribution in [1.82, 2.24) is 10.7 Å². The minimum atomic E-state index is 0.639. The Hall–Kier alpha value is -0.680. The van der Waals surface area contributed by atoms with Gasteiger partial charge in [0.1, 0.15) is 0 Å². The maximum Gasteiger partial charge on any atom is -0.00325 e. The molecule has 0 radical (unpaired) electrons. The zero-order valence-corrected chi connectivity index (χ0v) is 4.13. The quantitative estimate of drug-likeness (QED) is 0.290. The normalized spacial score (nSPS) is 8.29. The average Bonchev–Trinajstić information content (AvgIpc) is 1.68. The van der Waals surface area contributed by atoms with Gasteiger partial charge in [-0.3, -0.25) is 21.7 Å². The van der Waals surface area contributed by atoms with Crippen LogP contribution in [0.15, 0.2) is 5.22 Å². The van der Waals surface area contributed by atoms with E-state index in [0.717, 1.165) is 5.23 Å². The molecule has 0 unspecified atom stereocenters. The lowest BCUT2D eigenvalue weighted by Crippen LogP contribution is -2.38. The first kappa shape index (κ1) is 6.32. The van der Waals surface area contributed by atoms with E-state index in [1.54, 1.807) is 0 Å². The average molecular weight is 102 g/mol. The Kier molecular flexibility index (Phi) is 3.17. The summed E-state index contributed by atoms with van der Waals surface area (Å²) in [5, 5.41) is 3.31. The summed E-state index contributed by atoms with van der Waals surface area (Å²) in [6.45, 7) is 2.48. The Morgan fingerprint density at radius 1 is 2.00 bits per heavy atom. The minimum absolute atomic E-state index is 0.639. The highest BCUT2D eigenvalue weighted by Crippen LogP contribution is 1.64. The van der Waals surface area contributed by atoms with E-state index in [-0.39, 0.29) is 0 Å². The van der Waals surface area contributed by atoms with Crippen molar-refractivity contribution in [3.05, 3.63) is 5.53 Å². The molecular weight excluding hydrogens is 94.1 g/mol. The van der Waals surface area contributed by atoms with Crippen molar-refractivity contribution < 1.29 is 0 Å². The Morgan fingerprint density at radius 3 is 2.71 bits per heavy atom. The van der Waals surface area contributed by atoms with E-state index in [4.69, 9.17) is 11.4 Å². The maximum atomic E-state index is 7.83. The summed E-state index contributed by atoms with van der Waals surface area (Å²) in [6, 6.07) is 0. The van der Waals surface area contributed by atoms with Gasteiger partial charge >= 0.3 is 0 Å². The van der Waals surface area contributed by atoms with Crippen LogP contribution in [-0.4, -0.2) is 11.8 Å². The summed E-state index contributed by atoms with van der Waals surface area (Å²) in [5.74, 6) is 4.89. The summed E-state index contributed by atoms with van der Waals surface area (Å²) in [6.07, 6.45) is 0. The highest BCUT2D eigenvalue weighted by Gasteiger charge is 1.71. The first-order chi connectivity index (χ1) is 3.31. The molecule has 0 atom stereocenters. The second kappa shape index (κ2) is 3.51. The van der Waals surface area contributed by atoms with Gasteiger partial charge in [-0.1, -0.05) is 6.92 Å². The third kappa shape index (κ3) is 3.14. The molecule has 7 heavy (non-hydrogen) atoms. The molecule has 0 aliphatic heterocycles. The highest BCUT2D eigenvalue weighted by molar-refractivity contribution is 4.23. The van der Waals surface area contributed by atoms with E-state index < -0.39 is 0 Å². The molecule has 0 aliphatic carbocycles. The van der Waals surface area contributed by atoms with Crippen LogP contribution < -0.4 is 11.3 Å². The molecule has 0 saturated heterocycles. The molecule has 5 nitrogen and oxygen atoms in total. The number of hydrazine groups is 2. The van der Waals surface area contributed by atoms with Crippen molar-refractivity contribution in [2.45, 2.75) is 6.92 Å². The molecule has 0 aromatic carbocycles. The summed E-state index contributed by atoms with van der Waals surface area (Å²) in [5.41, 5.74) is 10.3. The van der Waals surface area contributed by atoms with Crippen molar-refractivity contribution in [1.29, 1.82) is 0 Å². The van der Waals surface area contributed by atoms with Gasteiger partial charge in [0.05, 0.1) is 0 Å². The number of rotatable bonds is 3. The van der Waals surface area contributed by atoms with Crippen LogP contribution in [0.1, 0.15) is 6.92 Å². The SMILES string of the molecule is CCNN(N)N=[N-]. The molecule has 0 heterocycles. The molecule has 0 fully saturated rings. The van der Waals surface area contributed by atoms with Gasteiger partial charge in [0.25, 0.3) is 0 Å². The number of nitrogens with one attached hydrogen (secondary N) is 1. The van der Waals surface area contributed by atoms with Gasteiger partial charge in [0.2, 0.25) is 0 Å². The Balaban J connectivity index is 2.98. The fraction of sp³-hybridized carbons (Fsp3) is 1.00. The first-order valence-electron chi connectivity index (χ1n) is 1.94. The van der Waals surface area contributed by atoms with Crippen LogP contribution in [0.5, 0.6) is 0 Å². The lowest BCUT2D eigenvalue weighted by Gasteiger charge is -2.18. The molecule has 0 aromatic rings. The highest BCUT2D eigenvalue weighted by atomic mass is 15.8. The summed E-state index contributed by atoms with van der Waals surface area (Å²) >= 11 is 0. The number of nitrogens with two attached hydrogens (primary N) is 1. The molecule has 0 bridgehead atoms. The van der Waals surface area contributed by atoms with E-state index >= 15 is 0 Å². The molecule has 0 amide bonds. The van der Waals surface area contributed by atoms with Crippen LogP contribution in [0.4, 0.5) is 0 Å². The molecular formula is C2H8N5-. The molecule has 0 aromatic heterocycles. The van der Waals surface area contributed by atoms with Gasteiger partial charge in [0.15, 0.2) is 0 Å². The van der Waals surface area contributed by atoms with E-state index in [2.05, 4.69) is 10.6 Å². The monoisotopic (exact) mass is 102 g/mol. The van der Waals surface area contributed by atoms with Crippen molar-refractivity contribution in [2.75, 3.05) is 6.54 Å². The van der Waals surface area contributed by atoms with Gasteiger partial charge in [-0.05, 0) is 6.54 Å². The van der Waals surface area contributed by atoms with Gasteiger partial charge in [-0.2, -0.15) is 0 Å². The molecule has 42 valence electrons. The Bertz CT molecular complexity index is 52.0.